The largest absolute Gasteiger partial charge is 0.336 e. The average molecular weight is 374 g/mol. The molecule has 0 heterocycles. The summed E-state index contributed by atoms with van der Waals surface area (Å²) in [5, 5.41) is 2.40. The molecule has 1 aromatic carbocycles. The third kappa shape index (κ3) is 4.10. The first kappa shape index (κ1) is 19.6. The van der Waals surface area contributed by atoms with Crippen molar-refractivity contribution in [3.8, 4) is 0 Å². The fourth-order valence-corrected chi connectivity index (χ4v) is 4.08. The molecule has 138 valence electrons. The first-order chi connectivity index (χ1) is 11.3. The van der Waals surface area contributed by atoms with Gasteiger partial charge in [-0.15, -0.1) is 12.4 Å². The Labute approximate surface area is 151 Å². The lowest BCUT2D eigenvalue weighted by molar-refractivity contribution is -0.138. The minimum Gasteiger partial charge on any atom is -0.336 e. The molecule has 25 heavy (non-hydrogen) atoms. The van der Waals surface area contributed by atoms with E-state index in [-0.39, 0.29) is 42.5 Å². The monoisotopic (exact) mass is 373 g/mol. The molecular formula is C17H22ClF2N3O2. The van der Waals surface area contributed by atoms with Gasteiger partial charge in [-0.05, 0) is 43.2 Å². The SMILES string of the molecule is CN(CC(=O)Nc1cc(F)cc(F)c1)C(=O)C1C2CCC(C2)C1N.Cl. The number of anilines is 1. The Hall–Kier alpha value is -1.73. The molecule has 2 bridgehead atoms. The third-order valence-electron chi connectivity index (χ3n) is 5.17. The van der Waals surface area contributed by atoms with Crippen LogP contribution in [-0.2, 0) is 9.59 Å². The van der Waals surface area contributed by atoms with Crippen molar-refractivity contribution in [3.63, 3.8) is 0 Å². The predicted octanol–water partition coefficient (Wildman–Crippen LogP) is 2.16. The number of likely N-dealkylation sites (N-methyl/N-ethyl adjacent to an activating group) is 1. The van der Waals surface area contributed by atoms with Crippen molar-refractivity contribution >= 4 is 29.9 Å². The number of amides is 2. The molecule has 2 aliphatic carbocycles. The Kier molecular flexibility index (Phi) is 6.00. The molecule has 4 atom stereocenters. The molecule has 0 saturated heterocycles. The fourth-order valence-electron chi connectivity index (χ4n) is 4.08. The minimum absolute atomic E-state index is 0. The van der Waals surface area contributed by atoms with Crippen molar-refractivity contribution in [2.75, 3.05) is 18.9 Å². The second kappa shape index (κ2) is 7.66. The molecule has 3 rings (SSSR count). The van der Waals surface area contributed by atoms with Crippen LogP contribution < -0.4 is 11.1 Å². The van der Waals surface area contributed by atoms with Gasteiger partial charge in [0.2, 0.25) is 11.8 Å². The maximum atomic E-state index is 13.1. The van der Waals surface area contributed by atoms with Crippen LogP contribution in [0.5, 0.6) is 0 Å². The van der Waals surface area contributed by atoms with Crippen molar-refractivity contribution in [3.05, 3.63) is 29.8 Å². The zero-order valence-electron chi connectivity index (χ0n) is 13.9. The highest BCUT2D eigenvalue weighted by molar-refractivity contribution is 5.95. The molecule has 0 spiro atoms. The zero-order valence-corrected chi connectivity index (χ0v) is 14.7. The number of benzene rings is 1. The normalized spacial score (nSPS) is 26.9. The molecule has 5 nitrogen and oxygen atoms in total. The second-order valence-corrected chi connectivity index (χ2v) is 6.84. The highest BCUT2D eigenvalue weighted by Gasteiger charge is 2.49. The molecule has 2 fully saturated rings. The van der Waals surface area contributed by atoms with Crippen LogP contribution in [0.2, 0.25) is 0 Å². The van der Waals surface area contributed by atoms with E-state index < -0.39 is 17.5 Å². The zero-order chi connectivity index (χ0) is 17.4. The van der Waals surface area contributed by atoms with Crippen LogP contribution in [0.3, 0.4) is 0 Å². The molecule has 3 N–H and O–H groups in total. The summed E-state index contributed by atoms with van der Waals surface area (Å²) < 4.78 is 26.3. The Balaban J connectivity index is 0.00000225. The van der Waals surface area contributed by atoms with Gasteiger partial charge >= 0.3 is 0 Å². The van der Waals surface area contributed by atoms with Crippen LogP contribution in [0.15, 0.2) is 18.2 Å². The lowest BCUT2D eigenvalue weighted by Crippen LogP contribution is -2.47. The number of hydrogen-bond donors (Lipinski definition) is 2. The molecule has 0 aromatic heterocycles. The molecule has 4 unspecified atom stereocenters. The number of carbonyl (C=O) groups excluding carboxylic acids is 2. The van der Waals surface area contributed by atoms with Crippen molar-refractivity contribution < 1.29 is 18.4 Å². The number of nitrogens with two attached hydrogens (primary N) is 1. The van der Waals surface area contributed by atoms with E-state index in [1.807, 2.05) is 0 Å². The van der Waals surface area contributed by atoms with Gasteiger partial charge in [-0.25, -0.2) is 8.78 Å². The number of rotatable bonds is 4. The van der Waals surface area contributed by atoms with Crippen molar-refractivity contribution in [2.24, 2.45) is 23.5 Å². The average Bonchev–Trinajstić information content (AvgIpc) is 3.06. The van der Waals surface area contributed by atoms with Gasteiger partial charge in [0.05, 0.1) is 12.5 Å². The number of nitrogens with one attached hydrogen (secondary N) is 1. The summed E-state index contributed by atoms with van der Waals surface area (Å²) in [4.78, 5) is 26.0. The molecule has 0 radical (unpaired) electrons. The molecule has 1 aromatic rings. The summed E-state index contributed by atoms with van der Waals surface area (Å²) >= 11 is 0. The van der Waals surface area contributed by atoms with Crippen LogP contribution in [0.25, 0.3) is 0 Å². The lowest BCUT2D eigenvalue weighted by Gasteiger charge is -2.30. The highest BCUT2D eigenvalue weighted by atomic mass is 35.5. The van der Waals surface area contributed by atoms with Crippen molar-refractivity contribution in [1.82, 2.24) is 4.90 Å². The molecule has 0 aliphatic heterocycles. The van der Waals surface area contributed by atoms with Crippen LogP contribution >= 0.6 is 12.4 Å². The minimum atomic E-state index is -0.775. The molecule has 2 aliphatic rings. The van der Waals surface area contributed by atoms with Crippen LogP contribution in [-0.4, -0.2) is 36.3 Å². The number of carbonyl (C=O) groups is 2. The van der Waals surface area contributed by atoms with Gasteiger partial charge in [-0.1, -0.05) is 0 Å². The highest BCUT2D eigenvalue weighted by Crippen LogP contribution is 2.48. The van der Waals surface area contributed by atoms with E-state index in [0.29, 0.717) is 11.8 Å². The first-order valence-electron chi connectivity index (χ1n) is 8.11. The first-order valence-corrected chi connectivity index (χ1v) is 8.11. The van der Waals surface area contributed by atoms with Crippen molar-refractivity contribution in [2.45, 2.75) is 25.3 Å². The van der Waals surface area contributed by atoms with E-state index in [4.69, 9.17) is 5.73 Å². The van der Waals surface area contributed by atoms with Crippen LogP contribution in [0, 0.1) is 29.4 Å². The van der Waals surface area contributed by atoms with E-state index in [2.05, 4.69) is 5.32 Å². The second-order valence-electron chi connectivity index (χ2n) is 6.84. The summed E-state index contributed by atoms with van der Waals surface area (Å²) in [5.41, 5.74) is 6.18. The van der Waals surface area contributed by atoms with Gasteiger partial charge in [0.1, 0.15) is 11.6 Å². The molecule has 2 amide bonds. The quantitative estimate of drug-likeness (QED) is 0.849. The van der Waals surface area contributed by atoms with Gasteiger partial charge in [0, 0.05) is 24.8 Å². The summed E-state index contributed by atoms with van der Waals surface area (Å²) in [6, 6.07) is 2.63. The van der Waals surface area contributed by atoms with Gasteiger partial charge in [0.15, 0.2) is 0 Å². The maximum absolute atomic E-state index is 13.1. The summed E-state index contributed by atoms with van der Waals surface area (Å²) in [6.45, 7) is -0.183. The standard InChI is InChI=1S/C17H21F2N3O2.ClH/c1-22(17(24)15-9-2-3-10(4-9)16(15)20)8-14(23)21-13-6-11(18)5-12(19)7-13;/h5-7,9-10,15-16H,2-4,8,20H2,1H3,(H,21,23);1H. The number of halogens is 3. The van der Waals surface area contributed by atoms with E-state index in [0.717, 1.165) is 37.5 Å². The van der Waals surface area contributed by atoms with Crippen molar-refractivity contribution in [1.29, 1.82) is 0 Å². The molecular weight excluding hydrogens is 352 g/mol. The van der Waals surface area contributed by atoms with Gasteiger partial charge in [-0.2, -0.15) is 0 Å². The molecule has 2 saturated carbocycles. The Morgan fingerprint density at radius 1 is 1.20 bits per heavy atom. The Bertz CT molecular complexity index is 651. The predicted molar refractivity (Wildman–Crippen MR) is 92.2 cm³/mol. The van der Waals surface area contributed by atoms with E-state index >= 15 is 0 Å². The third-order valence-corrected chi connectivity index (χ3v) is 5.17. The van der Waals surface area contributed by atoms with Gasteiger partial charge < -0.3 is 16.0 Å². The van der Waals surface area contributed by atoms with E-state index in [1.54, 1.807) is 7.05 Å². The summed E-state index contributed by atoms with van der Waals surface area (Å²) in [6.07, 6.45) is 3.07. The summed E-state index contributed by atoms with van der Waals surface area (Å²) in [7, 11) is 1.55. The smallest absolute Gasteiger partial charge is 0.243 e. The number of hydrogen-bond acceptors (Lipinski definition) is 3. The van der Waals surface area contributed by atoms with Crippen LogP contribution in [0.1, 0.15) is 19.3 Å². The number of fused-ring (bicyclic) bond motifs is 2. The van der Waals surface area contributed by atoms with Gasteiger partial charge in [0.25, 0.3) is 0 Å². The number of nitrogens with zero attached hydrogens (tertiary/aromatic N) is 1. The van der Waals surface area contributed by atoms with Crippen LogP contribution in [0.4, 0.5) is 14.5 Å². The van der Waals surface area contributed by atoms with E-state index in [9.17, 15) is 18.4 Å². The lowest BCUT2D eigenvalue weighted by atomic mass is 9.84. The maximum Gasteiger partial charge on any atom is 0.243 e. The topological polar surface area (TPSA) is 75.4 Å². The Morgan fingerprint density at radius 3 is 2.36 bits per heavy atom. The molecule has 8 heteroatoms. The summed E-state index contributed by atoms with van der Waals surface area (Å²) in [5.74, 6) is -1.71. The fraction of sp³-hybridized carbons (Fsp3) is 0.529. The van der Waals surface area contributed by atoms with E-state index in [1.165, 1.54) is 4.90 Å². The Morgan fingerprint density at radius 2 is 1.80 bits per heavy atom. The van der Waals surface area contributed by atoms with Gasteiger partial charge in [-0.3, -0.25) is 9.59 Å².